The highest BCUT2D eigenvalue weighted by atomic mass is 35.5. The fraction of sp³-hybridized carbons (Fsp3) is 0.130. The molecule has 0 radical (unpaired) electrons. The molecule has 1 heterocycles. The first-order valence-electron chi connectivity index (χ1n) is 9.26. The van der Waals surface area contributed by atoms with Crippen molar-refractivity contribution >= 4 is 46.2 Å². The second kappa shape index (κ2) is 8.17. The fourth-order valence-electron chi connectivity index (χ4n) is 3.55. The van der Waals surface area contributed by atoms with Gasteiger partial charge in [-0.3, -0.25) is 4.79 Å². The number of para-hydroxylation sites is 1. The molecule has 3 aromatic carbocycles. The molecular formula is C23H16Cl2F2N2O. The first kappa shape index (κ1) is 20.5. The Morgan fingerprint density at radius 1 is 1.00 bits per heavy atom. The number of halogens is 4. The summed E-state index contributed by atoms with van der Waals surface area (Å²) in [5.41, 5.74) is 2.32. The minimum Gasteiger partial charge on any atom is -0.305 e. The molecule has 7 heteroatoms. The summed E-state index contributed by atoms with van der Waals surface area (Å²) in [5, 5.41) is 0.760. The maximum absolute atomic E-state index is 14.1. The van der Waals surface area contributed by atoms with E-state index in [1.165, 1.54) is 36.4 Å². The number of benzene rings is 3. The number of aliphatic imine (C=N–C) groups is 1. The number of amides is 1. The van der Waals surface area contributed by atoms with Crippen LogP contribution in [0.1, 0.15) is 29.3 Å². The van der Waals surface area contributed by atoms with E-state index in [0.29, 0.717) is 44.7 Å². The number of hydrogen-bond acceptors (Lipinski definition) is 2. The number of nitrogens with zero attached hydrogens (tertiary/aromatic N) is 2. The zero-order chi connectivity index (χ0) is 21.4. The molecule has 0 bridgehead atoms. The number of anilines is 1. The lowest BCUT2D eigenvalue weighted by Gasteiger charge is -2.36. The van der Waals surface area contributed by atoms with Crippen molar-refractivity contribution < 1.29 is 13.6 Å². The molecule has 30 heavy (non-hydrogen) atoms. The van der Waals surface area contributed by atoms with E-state index in [0.717, 1.165) is 0 Å². The van der Waals surface area contributed by atoms with Crippen LogP contribution in [0.5, 0.6) is 0 Å². The Kier molecular flexibility index (Phi) is 5.58. The Hall–Kier alpha value is -2.76. The highest BCUT2D eigenvalue weighted by Gasteiger charge is 2.33. The van der Waals surface area contributed by atoms with Crippen LogP contribution in [0.15, 0.2) is 65.7 Å². The van der Waals surface area contributed by atoms with Crippen LogP contribution in [0.25, 0.3) is 0 Å². The van der Waals surface area contributed by atoms with Crippen molar-refractivity contribution in [2.75, 3.05) is 4.90 Å². The summed E-state index contributed by atoms with van der Waals surface area (Å²) in [6, 6.07) is 14.3. The number of hydrogen-bond donors (Lipinski definition) is 0. The topological polar surface area (TPSA) is 32.7 Å². The molecule has 1 aliphatic rings. The molecule has 0 fully saturated rings. The molecule has 1 unspecified atom stereocenters. The highest BCUT2D eigenvalue weighted by Crippen LogP contribution is 2.38. The maximum atomic E-state index is 14.1. The zero-order valence-corrected chi connectivity index (χ0v) is 17.4. The second-order valence-corrected chi connectivity index (χ2v) is 7.84. The molecular weight excluding hydrogens is 429 g/mol. The average molecular weight is 445 g/mol. The third-order valence-electron chi connectivity index (χ3n) is 4.95. The van der Waals surface area contributed by atoms with Crippen LogP contribution in [0.2, 0.25) is 10.0 Å². The van der Waals surface area contributed by atoms with Gasteiger partial charge in [0.05, 0.1) is 21.4 Å². The molecule has 152 valence electrons. The minimum atomic E-state index is -0.449. The van der Waals surface area contributed by atoms with Gasteiger partial charge in [-0.25, -0.2) is 13.8 Å². The van der Waals surface area contributed by atoms with Gasteiger partial charge >= 0.3 is 0 Å². The molecule has 1 atom stereocenters. The van der Waals surface area contributed by atoms with Crippen molar-refractivity contribution in [2.45, 2.75) is 19.4 Å². The number of carbonyl (C=O) groups excluding carboxylic acids is 1. The quantitative estimate of drug-likeness (QED) is 0.426. The van der Waals surface area contributed by atoms with E-state index < -0.39 is 11.6 Å². The van der Waals surface area contributed by atoms with Crippen LogP contribution in [-0.4, -0.2) is 17.7 Å². The molecule has 1 aliphatic heterocycles. The van der Waals surface area contributed by atoms with Gasteiger partial charge in [0.25, 0.3) is 5.91 Å². The van der Waals surface area contributed by atoms with Crippen molar-refractivity contribution in [3.63, 3.8) is 0 Å². The number of rotatable bonds is 2. The predicted octanol–water partition coefficient (Wildman–Crippen LogP) is 6.83. The fourth-order valence-corrected chi connectivity index (χ4v) is 4.03. The Bertz CT molecular complexity index is 1140. The van der Waals surface area contributed by atoms with Crippen LogP contribution in [0.3, 0.4) is 0 Å². The molecule has 4 rings (SSSR count). The summed E-state index contributed by atoms with van der Waals surface area (Å²) in [6.07, 6.45) is 0.366. The van der Waals surface area contributed by atoms with Crippen molar-refractivity contribution in [2.24, 2.45) is 4.99 Å². The van der Waals surface area contributed by atoms with E-state index in [1.54, 1.807) is 29.2 Å². The number of carbonyl (C=O) groups is 1. The van der Waals surface area contributed by atoms with Gasteiger partial charge in [0.1, 0.15) is 17.3 Å². The maximum Gasteiger partial charge on any atom is 0.258 e. The van der Waals surface area contributed by atoms with Gasteiger partial charge in [0.2, 0.25) is 0 Å². The van der Waals surface area contributed by atoms with Crippen LogP contribution in [-0.2, 0) is 0 Å². The van der Waals surface area contributed by atoms with Gasteiger partial charge in [-0.05, 0) is 61.5 Å². The smallest absolute Gasteiger partial charge is 0.258 e. The lowest BCUT2D eigenvalue weighted by molar-refractivity contribution is 0.0978. The van der Waals surface area contributed by atoms with E-state index in [9.17, 15) is 13.6 Å². The van der Waals surface area contributed by atoms with E-state index in [2.05, 4.69) is 4.99 Å². The summed E-state index contributed by atoms with van der Waals surface area (Å²) in [4.78, 5) is 19.4. The Morgan fingerprint density at radius 2 is 1.63 bits per heavy atom. The molecule has 0 N–H and O–H groups in total. The predicted molar refractivity (Wildman–Crippen MR) is 116 cm³/mol. The summed E-state index contributed by atoms with van der Waals surface area (Å²) >= 11 is 12.5. The number of fused-ring (bicyclic) bond motifs is 1. The monoisotopic (exact) mass is 444 g/mol. The highest BCUT2D eigenvalue weighted by molar-refractivity contribution is 6.39. The zero-order valence-electron chi connectivity index (χ0n) is 15.9. The molecule has 0 saturated heterocycles. The normalized spacial score (nSPS) is 17.2. The van der Waals surface area contributed by atoms with Crippen molar-refractivity contribution in [3.8, 4) is 0 Å². The molecule has 0 aromatic heterocycles. The largest absolute Gasteiger partial charge is 0.305 e. The molecule has 1 amide bonds. The van der Waals surface area contributed by atoms with Crippen LogP contribution in [0.4, 0.5) is 20.2 Å². The Labute approximate surface area is 182 Å². The van der Waals surface area contributed by atoms with Gasteiger partial charge in [0.15, 0.2) is 0 Å². The van der Waals surface area contributed by atoms with Crippen LogP contribution >= 0.6 is 23.2 Å². The summed E-state index contributed by atoms with van der Waals surface area (Å²) in [6.45, 7) is 1.87. The van der Waals surface area contributed by atoms with Gasteiger partial charge in [-0.15, -0.1) is 0 Å². The SMILES string of the molecule is CC1CC(=Nc2c(Cl)cccc2Cl)c2cc(F)ccc2N1C(=O)c1ccc(F)cc1. The summed E-state index contributed by atoms with van der Waals surface area (Å²) in [5.74, 6) is -1.17. The molecule has 0 saturated carbocycles. The van der Waals surface area contributed by atoms with Crippen LogP contribution < -0.4 is 4.90 Å². The van der Waals surface area contributed by atoms with Gasteiger partial charge in [-0.1, -0.05) is 29.3 Å². The Morgan fingerprint density at radius 3 is 2.30 bits per heavy atom. The molecule has 3 nitrogen and oxygen atoms in total. The second-order valence-electron chi connectivity index (χ2n) is 7.03. The summed E-state index contributed by atoms with van der Waals surface area (Å²) in [7, 11) is 0. The lowest BCUT2D eigenvalue weighted by Crippen LogP contribution is -2.44. The van der Waals surface area contributed by atoms with Gasteiger partial charge in [0, 0.05) is 23.6 Å². The van der Waals surface area contributed by atoms with Crippen molar-refractivity contribution in [3.05, 3.63) is 93.5 Å². The van der Waals surface area contributed by atoms with Gasteiger partial charge in [-0.2, -0.15) is 0 Å². The summed E-state index contributed by atoms with van der Waals surface area (Å²) < 4.78 is 27.4. The van der Waals surface area contributed by atoms with E-state index in [-0.39, 0.29) is 11.9 Å². The third-order valence-corrected chi connectivity index (χ3v) is 5.56. The van der Waals surface area contributed by atoms with Crippen molar-refractivity contribution in [1.29, 1.82) is 0 Å². The molecule has 3 aromatic rings. The van der Waals surface area contributed by atoms with E-state index in [1.807, 2.05) is 6.92 Å². The first-order chi connectivity index (χ1) is 14.3. The Balaban J connectivity index is 1.83. The average Bonchev–Trinajstić information content (AvgIpc) is 2.71. The lowest BCUT2D eigenvalue weighted by atomic mass is 9.93. The van der Waals surface area contributed by atoms with E-state index in [4.69, 9.17) is 23.2 Å². The standard InChI is InChI=1S/C23H16Cl2F2N2O/c1-13-11-20(28-22-18(24)3-2-4-19(22)25)17-12-16(27)9-10-21(17)29(13)23(30)14-5-7-15(26)8-6-14/h2-10,12-13H,11H2,1H3. The minimum absolute atomic E-state index is 0.277. The van der Waals surface area contributed by atoms with Gasteiger partial charge < -0.3 is 4.90 Å². The molecule has 0 aliphatic carbocycles. The molecule has 0 spiro atoms. The van der Waals surface area contributed by atoms with Crippen LogP contribution in [0, 0.1) is 11.6 Å². The first-order valence-corrected chi connectivity index (χ1v) is 10.0. The van der Waals surface area contributed by atoms with Crippen molar-refractivity contribution in [1.82, 2.24) is 0 Å². The van der Waals surface area contributed by atoms with E-state index >= 15 is 0 Å². The third kappa shape index (κ3) is 3.83.